The Morgan fingerprint density at radius 3 is 2.06 bits per heavy atom. The standard InChI is InChI=1S/C24H26N2O7S/c1-30-19-7-5-18(6-8-19)26-34(28,29)21-11-9-20(10-12-21)33-16-24(27)25-15-17-4-13-22(31-2)23(14-17)32-3/h4-14,26H,15-16H2,1-3H3,(H,25,27). The highest BCUT2D eigenvalue weighted by molar-refractivity contribution is 7.92. The van der Waals surface area contributed by atoms with Gasteiger partial charge in [0.05, 0.1) is 26.2 Å². The van der Waals surface area contributed by atoms with Crippen LogP contribution in [0.25, 0.3) is 0 Å². The van der Waals surface area contributed by atoms with Crippen LogP contribution in [0.3, 0.4) is 0 Å². The summed E-state index contributed by atoms with van der Waals surface area (Å²) in [6.07, 6.45) is 0. The zero-order valence-corrected chi connectivity index (χ0v) is 19.8. The van der Waals surface area contributed by atoms with Crippen LogP contribution in [0.15, 0.2) is 71.6 Å². The number of benzene rings is 3. The summed E-state index contributed by atoms with van der Waals surface area (Å²) in [5.41, 5.74) is 1.25. The summed E-state index contributed by atoms with van der Waals surface area (Å²) >= 11 is 0. The highest BCUT2D eigenvalue weighted by Crippen LogP contribution is 2.27. The summed E-state index contributed by atoms with van der Waals surface area (Å²) in [6, 6.07) is 17.7. The molecule has 0 aromatic heterocycles. The molecular weight excluding hydrogens is 460 g/mol. The highest BCUT2D eigenvalue weighted by atomic mass is 32.2. The molecule has 3 rings (SSSR count). The van der Waals surface area contributed by atoms with Crippen LogP contribution in [-0.4, -0.2) is 42.3 Å². The van der Waals surface area contributed by atoms with Crippen molar-refractivity contribution >= 4 is 21.6 Å². The third-order valence-corrected chi connectivity index (χ3v) is 6.18. The Balaban J connectivity index is 1.51. The van der Waals surface area contributed by atoms with Gasteiger partial charge in [0, 0.05) is 12.2 Å². The second kappa shape index (κ2) is 11.3. The number of hydrogen-bond donors (Lipinski definition) is 2. The molecule has 0 unspecified atom stereocenters. The largest absolute Gasteiger partial charge is 0.497 e. The van der Waals surface area contributed by atoms with Gasteiger partial charge >= 0.3 is 0 Å². The van der Waals surface area contributed by atoms with Crippen LogP contribution >= 0.6 is 0 Å². The molecule has 0 heterocycles. The van der Waals surface area contributed by atoms with E-state index in [1.165, 1.54) is 31.4 Å². The van der Waals surface area contributed by atoms with Gasteiger partial charge in [-0.3, -0.25) is 9.52 Å². The van der Waals surface area contributed by atoms with Crippen LogP contribution in [0.4, 0.5) is 5.69 Å². The lowest BCUT2D eigenvalue weighted by Gasteiger charge is -2.11. The molecule has 2 N–H and O–H groups in total. The minimum absolute atomic E-state index is 0.0635. The van der Waals surface area contributed by atoms with Crippen LogP contribution in [0, 0.1) is 0 Å². The van der Waals surface area contributed by atoms with E-state index < -0.39 is 10.0 Å². The molecule has 0 saturated heterocycles. The summed E-state index contributed by atoms with van der Waals surface area (Å²) in [6.45, 7) is 0.0697. The first-order valence-electron chi connectivity index (χ1n) is 10.2. The first kappa shape index (κ1) is 24.7. The normalized spacial score (nSPS) is 10.8. The van der Waals surface area contributed by atoms with Gasteiger partial charge in [-0.05, 0) is 66.2 Å². The Bertz CT molecular complexity index is 1210. The van der Waals surface area contributed by atoms with Crippen molar-refractivity contribution in [2.24, 2.45) is 0 Å². The van der Waals surface area contributed by atoms with E-state index >= 15 is 0 Å². The monoisotopic (exact) mass is 486 g/mol. The van der Waals surface area contributed by atoms with E-state index in [0.29, 0.717) is 28.7 Å². The molecule has 0 bridgehead atoms. The number of carbonyl (C=O) groups is 1. The molecule has 0 aliphatic rings. The maximum absolute atomic E-state index is 12.6. The van der Waals surface area contributed by atoms with Crippen LogP contribution in [0.1, 0.15) is 5.56 Å². The van der Waals surface area contributed by atoms with E-state index in [0.717, 1.165) is 5.56 Å². The molecule has 10 heteroatoms. The molecule has 34 heavy (non-hydrogen) atoms. The smallest absolute Gasteiger partial charge is 0.261 e. The first-order chi connectivity index (χ1) is 16.3. The summed E-state index contributed by atoms with van der Waals surface area (Å²) in [4.78, 5) is 12.2. The van der Waals surface area contributed by atoms with Crippen LogP contribution in [-0.2, 0) is 21.4 Å². The van der Waals surface area contributed by atoms with E-state index in [-0.39, 0.29) is 24.0 Å². The number of hydrogen-bond acceptors (Lipinski definition) is 7. The average Bonchev–Trinajstić information content (AvgIpc) is 2.86. The van der Waals surface area contributed by atoms with Gasteiger partial charge in [0.2, 0.25) is 0 Å². The fraction of sp³-hybridized carbons (Fsp3) is 0.208. The van der Waals surface area contributed by atoms with Crippen molar-refractivity contribution in [1.82, 2.24) is 5.32 Å². The van der Waals surface area contributed by atoms with E-state index in [9.17, 15) is 13.2 Å². The van der Waals surface area contributed by atoms with E-state index in [1.807, 2.05) is 6.07 Å². The number of carbonyl (C=O) groups excluding carboxylic acids is 1. The summed E-state index contributed by atoms with van der Waals surface area (Å²) in [5, 5.41) is 2.75. The quantitative estimate of drug-likeness (QED) is 0.428. The molecule has 1 amide bonds. The van der Waals surface area contributed by atoms with Crippen molar-refractivity contribution in [2.75, 3.05) is 32.7 Å². The van der Waals surface area contributed by atoms with Crippen molar-refractivity contribution in [3.63, 3.8) is 0 Å². The molecule has 0 aliphatic carbocycles. The predicted molar refractivity (Wildman–Crippen MR) is 127 cm³/mol. The minimum atomic E-state index is -3.78. The average molecular weight is 487 g/mol. The van der Waals surface area contributed by atoms with Gasteiger partial charge in [-0.25, -0.2) is 8.42 Å². The van der Waals surface area contributed by atoms with Gasteiger partial charge in [-0.1, -0.05) is 6.07 Å². The van der Waals surface area contributed by atoms with Gasteiger partial charge in [-0.2, -0.15) is 0 Å². The molecule has 0 fully saturated rings. The number of nitrogens with one attached hydrogen (secondary N) is 2. The predicted octanol–water partition coefficient (Wildman–Crippen LogP) is 3.21. The molecule has 0 saturated carbocycles. The van der Waals surface area contributed by atoms with Gasteiger partial charge in [0.15, 0.2) is 18.1 Å². The van der Waals surface area contributed by atoms with Crippen molar-refractivity contribution < 1.29 is 32.2 Å². The zero-order chi connectivity index (χ0) is 24.6. The van der Waals surface area contributed by atoms with Gasteiger partial charge in [0.25, 0.3) is 15.9 Å². The Hall–Kier alpha value is -3.92. The minimum Gasteiger partial charge on any atom is -0.497 e. The van der Waals surface area contributed by atoms with Crippen LogP contribution in [0.5, 0.6) is 23.0 Å². The maximum atomic E-state index is 12.6. The topological polar surface area (TPSA) is 112 Å². The zero-order valence-electron chi connectivity index (χ0n) is 19.0. The summed E-state index contributed by atoms with van der Waals surface area (Å²) in [7, 11) is 0.850. The fourth-order valence-corrected chi connectivity index (χ4v) is 4.04. The third kappa shape index (κ3) is 6.55. The lowest BCUT2D eigenvalue weighted by molar-refractivity contribution is -0.123. The van der Waals surface area contributed by atoms with Crippen molar-refractivity contribution in [3.05, 3.63) is 72.3 Å². The number of anilines is 1. The summed E-state index contributed by atoms with van der Waals surface area (Å²) < 4.78 is 48.6. The van der Waals surface area contributed by atoms with Crippen molar-refractivity contribution in [1.29, 1.82) is 0 Å². The van der Waals surface area contributed by atoms with E-state index in [4.69, 9.17) is 18.9 Å². The molecule has 3 aromatic carbocycles. The molecule has 0 aliphatic heterocycles. The highest BCUT2D eigenvalue weighted by Gasteiger charge is 2.15. The molecular formula is C24H26N2O7S. The molecule has 0 spiro atoms. The SMILES string of the molecule is COc1ccc(NS(=O)(=O)c2ccc(OCC(=O)NCc3ccc(OC)c(OC)c3)cc2)cc1. The Morgan fingerprint density at radius 2 is 1.44 bits per heavy atom. The number of sulfonamides is 1. The Kier molecular flexibility index (Phi) is 8.20. The Labute approximate surface area is 198 Å². The molecule has 9 nitrogen and oxygen atoms in total. The van der Waals surface area contributed by atoms with E-state index in [1.54, 1.807) is 50.6 Å². The first-order valence-corrected chi connectivity index (χ1v) is 11.7. The van der Waals surface area contributed by atoms with Crippen molar-refractivity contribution in [3.8, 4) is 23.0 Å². The molecule has 0 radical (unpaired) electrons. The maximum Gasteiger partial charge on any atom is 0.261 e. The number of methoxy groups -OCH3 is 3. The number of amides is 1. The molecule has 0 atom stereocenters. The van der Waals surface area contributed by atoms with Gasteiger partial charge < -0.3 is 24.3 Å². The second-order valence-corrected chi connectivity index (χ2v) is 8.74. The van der Waals surface area contributed by atoms with Gasteiger partial charge in [-0.15, -0.1) is 0 Å². The number of rotatable bonds is 11. The van der Waals surface area contributed by atoms with Crippen LogP contribution < -0.4 is 29.0 Å². The lowest BCUT2D eigenvalue weighted by Crippen LogP contribution is -2.28. The lowest BCUT2D eigenvalue weighted by atomic mass is 10.2. The summed E-state index contributed by atoms with van der Waals surface area (Å²) in [5.74, 6) is 1.84. The molecule has 180 valence electrons. The van der Waals surface area contributed by atoms with E-state index in [2.05, 4.69) is 10.0 Å². The number of ether oxygens (including phenoxy) is 4. The second-order valence-electron chi connectivity index (χ2n) is 7.06. The van der Waals surface area contributed by atoms with Gasteiger partial charge in [0.1, 0.15) is 11.5 Å². The third-order valence-electron chi connectivity index (χ3n) is 4.78. The molecule has 3 aromatic rings. The van der Waals surface area contributed by atoms with Crippen molar-refractivity contribution in [2.45, 2.75) is 11.4 Å². The Morgan fingerprint density at radius 1 is 0.794 bits per heavy atom. The van der Waals surface area contributed by atoms with Crippen LogP contribution in [0.2, 0.25) is 0 Å². The fourth-order valence-electron chi connectivity index (χ4n) is 2.98.